The zero-order valence-electron chi connectivity index (χ0n) is 13.3. The van der Waals surface area contributed by atoms with Gasteiger partial charge in [0.15, 0.2) is 6.61 Å². The number of hydrogen-bond donors (Lipinski definition) is 1. The molecule has 1 fully saturated rings. The molecule has 8 heteroatoms. The summed E-state index contributed by atoms with van der Waals surface area (Å²) in [6.07, 6.45) is 0.797. The molecule has 1 aromatic carbocycles. The molecule has 126 valence electrons. The van der Waals surface area contributed by atoms with Crippen LogP contribution in [0.2, 0.25) is 0 Å². The molecule has 0 heterocycles. The van der Waals surface area contributed by atoms with Crippen molar-refractivity contribution < 1.29 is 22.7 Å². The van der Waals surface area contributed by atoms with Gasteiger partial charge in [0.1, 0.15) is 0 Å². The summed E-state index contributed by atoms with van der Waals surface area (Å²) >= 11 is 0. The maximum absolute atomic E-state index is 12.0. The highest BCUT2D eigenvalue weighted by molar-refractivity contribution is 7.89. The molecule has 23 heavy (non-hydrogen) atoms. The smallest absolute Gasteiger partial charge is 0.309 e. The first-order valence-corrected chi connectivity index (χ1v) is 8.65. The number of esters is 1. The molecule has 1 N–H and O–H groups in total. The average Bonchev–Trinajstić information content (AvgIpc) is 3.22. The maximum Gasteiger partial charge on any atom is 0.309 e. The van der Waals surface area contributed by atoms with Gasteiger partial charge in [0.2, 0.25) is 10.0 Å². The third-order valence-corrected chi connectivity index (χ3v) is 5.47. The van der Waals surface area contributed by atoms with Gasteiger partial charge in [-0.25, -0.2) is 12.7 Å². The second-order valence-corrected chi connectivity index (χ2v) is 7.94. The Hall–Kier alpha value is -1.93. The van der Waals surface area contributed by atoms with Crippen LogP contribution in [0.25, 0.3) is 0 Å². The molecule has 0 aromatic heterocycles. The number of nitrogens with one attached hydrogen (secondary N) is 1. The van der Waals surface area contributed by atoms with E-state index in [1.165, 1.54) is 32.3 Å². The molecule has 2 rings (SSSR count). The lowest BCUT2D eigenvalue weighted by Crippen LogP contribution is -2.23. The van der Waals surface area contributed by atoms with Crippen molar-refractivity contribution in [3.05, 3.63) is 24.3 Å². The van der Waals surface area contributed by atoms with Crippen molar-refractivity contribution in [1.82, 2.24) is 4.31 Å². The molecule has 1 aliphatic rings. The molecule has 1 aliphatic carbocycles. The molecule has 0 radical (unpaired) electrons. The number of sulfonamides is 1. The fraction of sp³-hybridized carbons (Fsp3) is 0.467. The van der Waals surface area contributed by atoms with Gasteiger partial charge in [0.25, 0.3) is 5.91 Å². The fourth-order valence-electron chi connectivity index (χ4n) is 2.04. The second kappa shape index (κ2) is 6.67. The Kier molecular flexibility index (Phi) is 5.06. The Balaban J connectivity index is 1.95. The third-order valence-electron chi connectivity index (χ3n) is 3.65. The molecule has 0 unspecified atom stereocenters. The molecular formula is C15H20N2O5S. The molecule has 1 saturated carbocycles. The van der Waals surface area contributed by atoms with Crippen LogP contribution < -0.4 is 5.32 Å². The normalized spacial score (nSPS) is 20.2. The molecular weight excluding hydrogens is 320 g/mol. The van der Waals surface area contributed by atoms with Gasteiger partial charge in [0, 0.05) is 19.8 Å². The van der Waals surface area contributed by atoms with Crippen LogP contribution in [0.5, 0.6) is 0 Å². The highest BCUT2D eigenvalue weighted by Crippen LogP contribution is 2.38. The van der Waals surface area contributed by atoms with Crippen LogP contribution in [0, 0.1) is 11.8 Å². The lowest BCUT2D eigenvalue weighted by molar-refractivity contribution is -0.148. The van der Waals surface area contributed by atoms with E-state index < -0.39 is 15.9 Å². The minimum atomic E-state index is -3.57. The van der Waals surface area contributed by atoms with E-state index >= 15 is 0 Å². The predicted octanol–water partition coefficient (Wildman–Crippen LogP) is 1.07. The van der Waals surface area contributed by atoms with Gasteiger partial charge >= 0.3 is 5.97 Å². The standard InChI is InChI=1S/C15H20N2O5S/c1-10-7-13(10)15(19)22-9-14(18)16-11-5-4-6-12(8-11)23(20,21)17(2)3/h4-6,8,10,13H,7,9H2,1-3H3,(H,16,18)/t10-,13-/m0/s1. The Morgan fingerprint density at radius 2 is 2.00 bits per heavy atom. The number of amides is 1. The number of anilines is 1. The van der Waals surface area contributed by atoms with Crippen molar-refractivity contribution in [2.45, 2.75) is 18.2 Å². The van der Waals surface area contributed by atoms with Crippen LogP contribution >= 0.6 is 0 Å². The number of nitrogens with zero attached hydrogens (tertiary/aromatic N) is 1. The topological polar surface area (TPSA) is 92.8 Å². The summed E-state index contributed by atoms with van der Waals surface area (Å²) in [5.74, 6) is -0.655. The van der Waals surface area contributed by atoms with E-state index in [0.29, 0.717) is 11.6 Å². The minimum absolute atomic E-state index is 0.0732. The monoisotopic (exact) mass is 340 g/mol. The summed E-state index contributed by atoms with van der Waals surface area (Å²) < 4.78 is 30.1. The van der Waals surface area contributed by atoms with Gasteiger partial charge in [-0.05, 0) is 30.5 Å². The number of hydrogen-bond acceptors (Lipinski definition) is 5. The lowest BCUT2D eigenvalue weighted by Gasteiger charge is -2.12. The van der Waals surface area contributed by atoms with E-state index in [9.17, 15) is 18.0 Å². The van der Waals surface area contributed by atoms with Gasteiger partial charge < -0.3 is 10.1 Å². The van der Waals surface area contributed by atoms with Crippen molar-refractivity contribution in [3.63, 3.8) is 0 Å². The van der Waals surface area contributed by atoms with Crippen LogP contribution in [-0.2, 0) is 24.3 Å². The molecule has 1 amide bonds. The summed E-state index contributed by atoms with van der Waals surface area (Å²) in [5, 5.41) is 2.52. The minimum Gasteiger partial charge on any atom is -0.455 e. The number of carbonyl (C=O) groups is 2. The lowest BCUT2D eigenvalue weighted by atomic mass is 10.3. The summed E-state index contributed by atoms with van der Waals surface area (Å²) in [7, 11) is -0.714. The first kappa shape index (κ1) is 17.4. The molecule has 2 atom stereocenters. The van der Waals surface area contributed by atoms with Gasteiger partial charge in [0.05, 0.1) is 10.8 Å². The van der Waals surface area contributed by atoms with E-state index in [0.717, 1.165) is 10.7 Å². The Morgan fingerprint density at radius 1 is 1.35 bits per heavy atom. The fourth-order valence-corrected chi connectivity index (χ4v) is 2.98. The van der Waals surface area contributed by atoms with Crippen LogP contribution in [-0.4, -0.2) is 45.3 Å². The number of rotatable bonds is 6. The van der Waals surface area contributed by atoms with Gasteiger partial charge in [-0.1, -0.05) is 13.0 Å². The summed E-state index contributed by atoms with van der Waals surface area (Å²) in [6, 6.07) is 5.90. The van der Waals surface area contributed by atoms with Crippen molar-refractivity contribution in [3.8, 4) is 0 Å². The molecule has 0 aliphatic heterocycles. The highest BCUT2D eigenvalue weighted by atomic mass is 32.2. The van der Waals surface area contributed by atoms with E-state index in [4.69, 9.17) is 4.74 Å². The van der Waals surface area contributed by atoms with Crippen LogP contribution in [0.15, 0.2) is 29.2 Å². The van der Waals surface area contributed by atoms with E-state index in [1.54, 1.807) is 6.07 Å². The SMILES string of the molecule is C[C@H]1C[C@@H]1C(=O)OCC(=O)Nc1cccc(S(=O)(=O)N(C)C)c1. The molecule has 7 nitrogen and oxygen atoms in total. The van der Waals surface area contributed by atoms with Gasteiger partial charge in [-0.3, -0.25) is 9.59 Å². The molecule has 0 saturated heterocycles. The Morgan fingerprint density at radius 3 is 2.57 bits per heavy atom. The maximum atomic E-state index is 12.0. The van der Waals surface area contributed by atoms with Crippen LogP contribution in [0.4, 0.5) is 5.69 Å². The first-order chi connectivity index (χ1) is 10.7. The summed E-state index contributed by atoms with van der Waals surface area (Å²) in [5.41, 5.74) is 0.328. The van der Waals surface area contributed by atoms with Crippen molar-refractivity contribution in [2.75, 3.05) is 26.0 Å². The number of benzene rings is 1. The molecule has 1 aromatic rings. The number of carbonyl (C=O) groups excluding carboxylic acids is 2. The summed E-state index contributed by atoms with van der Waals surface area (Å²) in [6.45, 7) is 1.56. The Bertz CT molecular complexity index is 714. The highest BCUT2D eigenvalue weighted by Gasteiger charge is 2.40. The zero-order chi connectivity index (χ0) is 17.2. The van der Waals surface area contributed by atoms with E-state index in [2.05, 4.69) is 5.32 Å². The van der Waals surface area contributed by atoms with Crippen LogP contribution in [0.1, 0.15) is 13.3 Å². The average molecular weight is 340 g/mol. The zero-order valence-corrected chi connectivity index (χ0v) is 14.1. The third kappa shape index (κ3) is 4.29. The second-order valence-electron chi connectivity index (χ2n) is 5.79. The van der Waals surface area contributed by atoms with Gasteiger partial charge in [-0.2, -0.15) is 0 Å². The largest absolute Gasteiger partial charge is 0.455 e. The molecule has 0 bridgehead atoms. The molecule has 0 spiro atoms. The van der Waals surface area contributed by atoms with Crippen molar-refractivity contribution in [2.24, 2.45) is 11.8 Å². The van der Waals surface area contributed by atoms with Gasteiger partial charge in [-0.15, -0.1) is 0 Å². The van der Waals surface area contributed by atoms with Crippen molar-refractivity contribution >= 4 is 27.6 Å². The quantitative estimate of drug-likeness (QED) is 0.782. The Labute approximate surface area is 135 Å². The van der Waals surface area contributed by atoms with E-state index in [1.807, 2.05) is 6.92 Å². The van der Waals surface area contributed by atoms with Crippen molar-refractivity contribution in [1.29, 1.82) is 0 Å². The van der Waals surface area contributed by atoms with E-state index in [-0.39, 0.29) is 23.4 Å². The summed E-state index contributed by atoms with van der Waals surface area (Å²) in [4.78, 5) is 23.4. The van der Waals surface area contributed by atoms with Crippen LogP contribution in [0.3, 0.4) is 0 Å². The first-order valence-electron chi connectivity index (χ1n) is 7.21. The predicted molar refractivity (Wildman–Crippen MR) is 84.2 cm³/mol. The number of ether oxygens (including phenoxy) is 1.